The van der Waals surface area contributed by atoms with Crippen LogP contribution in [0.25, 0.3) is 0 Å². The van der Waals surface area contributed by atoms with Gasteiger partial charge in [-0.05, 0) is 42.2 Å². The molecule has 0 spiro atoms. The Morgan fingerprint density at radius 2 is 2.05 bits per heavy atom. The van der Waals surface area contributed by atoms with E-state index < -0.39 is 0 Å². The second kappa shape index (κ2) is 6.98. The maximum Gasteiger partial charge on any atom is 0.165 e. The van der Waals surface area contributed by atoms with E-state index in [9.17, 15) is 5.11 Å². The monoisotopic (exact) mass is 301 g/mol. The number of tetrazole rings is 1. The molecule has 1 N–H and O–H groups in total. The number of hydrogen-bond donors (Lipinski definition) is 1. The van der Waals surface area contributed by atoms with Crippen LogP contribution in [-0.4, -0.2) is 42.9 Å². The summed E-state index contributed by atoms with van der Waals surface area (Å²) in [7, 11) is 0. The van der Waals surface area contributed by atoms with Crippen LogP contribution in [0.4, 0.5) is 0 Å². The molecule has 1 aliphatic carbocycles. The Kier molecular flexibility index (Phi) is 4.80. The summed E-state index contributed by atoms with van der Waals surface area (Å²) < 4.78 is 1.96. The minimum Gasteiger partial charge on any atom is -0.396 e. The average Bonchev–Trinajstić information content (AvgIpc) is 3.27. The molecular weight excluding hydrogens is 278 g/mol. The number of nitrogens with zero attached hydrogens (tertiary/aromatic N) is 5. The SMILES string of the molecule is CC(CCO)N(Cc1ccccc1)Cc1nnnn1C1CC1. The van der Waals surface area contributed by atoms with Crippen LogP contribution in [0.5, 0.6) is 0 Å². The first-order valence-electron chi connectivity index (χ1n) is 7.93. The molecule has 1 heterocycles. The molecule has 1 fully saturated rings. The van der Waals surface area contributed by atoms with Crippen molar-refractivity contribution in [1.29, 1.82) is 0 Å². The van der Waals surface area contributed by atoms with Crippen LogP contribution in [0.1, 0.15) is 43.6 Å². The van der Waals surface area contributed by atoms with Gasteiger partial charge in [-0.1, -0.05) is 30.3 Å². The van der Waals surface area contributed by atoms with Crippen LogP contribution in [-0.2, 0) is 13.1 Å². The molecule has 0 bridgehead atoms. The summed E-state index contributed by atoms with van der Waals surface area (Å²) in [5.74, 6) is 0.920. The molecule has 3 rings (SSSR count). The fraction of sp³-hybridized carbons (Fsp3) is 0.562. The number of aliphatic hydroxyl groups excluding tert-OH is 1. The fourth-order valence-electron chi connectivity index (χ4n) is 2.66. The van der Waals surface area contributed by atoms with Crippen LogP contribution < -0.4 is 0 Å². The van der Waals surface area contributed by atoms with Crippen molar-refractivity contribution in [2.24, 2.45) is 0 Å². The largest absolute Gasteiger partial charge is 0.396 e. The smallest absolute Gasteiger partial charge is 0.165 e. The van der Waals surface area contributed by atoms with E-state index in [-0.39, 0.29) is 12.6 Å². The minimum atomic E-state index is 0.194. The number of benzene rings is 1. The molecule has 2 aromatic rings. The molecule has 1 aromatic heterocycles. The molecule has 22 heavy (non-hydrogen) atoms. The van der Waals surface area contributed by atoms with Crippen LogP contribution in [0, 0.1) is 0 Å². The van der Waals surface area contributed by atoms with Crippen LogP contribution in [0.3, 0.4) is 0 Å². The lowest BCUT2D eigenvalue weighted by Crippen LogP contribution is -2.34. The third-order valence-corrected chi connectivity index (χ3v) is 4.20. The Labute approximate surface area is 130 Å². The third kappa shape index (κ3) is 3.69. The number of rotatable bonds is 8. The molecule has 6 heteroatoms. The highest BCUT2D eigenvalue weighted by Crippen LogP contribution is 2.34. The Bertz CT molecular complexity index is 581. The van der Waals surface area contributed by atoms with E-state index >= 15 is 0 Å². The quantitative estimate of drug-likeness (QED) is 0.805. The van der Waals surface area contributed by atoms with Gasteiger partial charge in [0.15, 0.2) is 5.82 Å². The third-order valence-electron chi connectivity index (χ3n) is 4.20. The molecule has 6 nitrogen and oxygen atoms in total. The Morgan fingerprint density at radius 1 is 1.27 bits per heavy atom. The Hall–Kier alpha value is -1.79. The first-order valence-corrected chi connectivity index (χ1v) is 7.93. The molecule has 0 radical (unpaired) electrons. The van der Waals surface area contributed by atoms with Crippen molar-refractivity contribution in [3.8, 4) is 0 Å². The van der Waals surface area contributed by atoms with Gasteiger partial charge < -0.3 is 5.11 Å². The van der Waals surface area contributed by atoms with Crippen LogP contribution in [0.2, 0.25) is 0 Å². The summed E-state index contributed by atoms with van der Waals surface area (Å²) in [6.07, 6.45) is 3.09. The van der Waals surface area contributed by atoms with Crippen molar-refractivity contribution in [3.63, 3.8) is 0 Å². The summed E-state index contributed by atoms with van der Waals surface area (Å²) in [6, 6.07) is 11.1. The van der Waals surface area contributed by atoms with Crippen molar-refractivity contribution < 1.29 is 5.11 Å². The first kappa shape index (κ1) is 15.1. The molecule has 1 aliphatic rings. The van der Waals surface area contributed by atoms with Crippen LogP contribution >= 0.6 is 0 Å². The maximum atomic E-state index is 9.26. The van der Waals surface area contributed by atoms with Gasteiger partial charge in [0.05, 0.1) is 12.6 Å². The van der Waals surface area contributed by atoms with Crippen molar-refractivity contribution in [2.45, 2.75) is 51.4 Å². The van der Waals surface area contributed by atoms with Crippen molar-refractivity contribution in [1.82, 2.24) is 25.1 Å². The number of hydrogen-bond acceptors (Lipinski definition) is 5. The topological polar surface area (TPSA) is 67.1 Å². The van der Waals surface area contributed by atoms with E-state index in [4.69, 9.17) is 0 Å². The molecule has 1 aromatic carbocycles. The summed E-state index contributed by atoms with van der Waals surface area (Å²) in [6.45, 7) is 3.88. The number of aliphatic hydroxyl groups is 1. The predicted octanol–water partition coefficient (Wildman–Crippen LogP) is 1.78. The highest BCUT2D eigenvalue weighted by molar-refractivity contribution is 5.14. The lowest BCUT2D eigenvalue weighted by Gasteiger charge is -2.28. The van der Waals surface area contributed by atoms with E-state index in [1.165, 1.54) is 18.4 Å². The molecule has 118 valence electrons. The minimum absolute atomic E-state index is 0.194. The highest BCUT2D eigenvalue weighted by Gasteiger charge is 2.28. The van der Waals surface area contributed by atoms with E-state index in [1.807, 2.05) is 10.7 Å². The zero-order valence-electron chi connectivity index (χ0n) is 13.0. The zero-order chi connectivity index (χ0) is 15.4. The van der Waals surface area contributed by atoms with Gasteiger partial charge in [0.2, 0.25) is 0 Å². The molecule has 0 saturated heterocycles. The van der Waals surface area contributed by atoms with Gasteiger partial charge in [-0.3, -0.25) is 4.90 Å². The molecule has 0 amide bonds. The zero-order valence-corrected chi connectivity index (χ0v) is 13.0. The van der Waals surface area contributed by atoms with Gasteiger partial charge in [-0.15, -0.1) is 5.10 Å². The average molecular weight is 301 g/mol. The van der Waals surface area contributed by atoms with Crippen molar-refractivity contribution in [3.05, 3.63) is 41.7 Å². The predicted molar refractivity (Wildman–Crippen MR) is 82.9 cm³/mol. The highest BCUT2D eigenvalue weighted by atomic mass is 16.3. The van der Waals surface area contributed by atoms with Gasteiger partial charge in [0.25, 0.3) is 0 Å². The summed E-state index contributed by atoms with van der Waals surface area (Å²) in [5, 5.41) is 21.4. The maximum absolute atomic E-state index is 9.26. The summed E-state index contributed by atoms with van der Waals surface area (Å²) in [4.78, 5) is 2.33. The lowest BCUT2D eigenvalue weighted by atomic mass is 10.1. The summed E-state index contributed by atoms with van der Waals surface area (Å²) in [5.41, 5.74) is 1.26. The van der Waals surface area contributed by atoms with E-state index in [2.05, 4.69) is 51.6 Å². The van der Waals surface area contributed by atoms with Gasteiger partial charge in [0.1, 0.15) is 0 Å². The normalized spacial score (nSPS) is 16.1. The van der Waals surface area contributed by atoms with Crippen molar-refractivity contribution in [2.75, 3.05) is 6.61 Å². The summed E-state index contributed by atoms with van der Waals surface area (Å²) >= 11 is 0. The second-order valence-electron chi connectivity index (χ2n) is 6.02. The van der Waals surface area contributed by atoms with Gasteiger partial charge >= 0.3 is 0 Å². The molecule has 1 unspecified atom stereocenters. The Balaban J connectivity index is 1.74. The molecule has 1 saturated carbocycles. The van der Waals surface area contributed by atoms with E-state index in [0.717, 1.165) is 18.8 Å². The second-order valence-corrected chi connectivity index (χ2v) is 6.02. The van der Waals surface area contributed by atoms with Crippen LogP contribution in [0.15, 0.2) is 30.3 Å². The van der Waals surface area contributed by atoms with E-state index in [0.29, 0.717) is 12.6 Å². The number of aromatic nitrogens is 4. The van der Waals surface area contributed by atoms with Gasteiger partial charge in [0, 0.05) is 19.2 Å². The van der Waals surface area contributed by atoms with Gasteiger partial charge in [-0.2, -0.15) is 0 Å². The Morgan fingerprint density at radius 3 is 2.73 bits per heavy atom. The van der Waals surface area contributed by atoms with Gasteiger partial charge in [-0.25, -0.2) is 4.68 Å². The standard InChI is InChI=1S/C16H23N5O/c1-13(9-10-22)20(11-14-5-3-2-4-6-14)12-16-17-18-19-21(16)15-7-8-15/h2-6,13,15,22H,7-12H2,1H3. The lowest BCUT2D eigenvalue weighted by molar-refractivity contribution is 0.148. The molecule has 1 atom stereocenters. The van der Waals surface area contributed by atoms with Crippen molar-refractivity contribution >= 4 is 0 Å². The van der Waals surface area contributed by atoms with E-state index in [1.54, 1.807) is 0 Å². The molecular formula is C16H23N5O. The fourth-order valence-corrected chi connectivity index (χ4v) is 2.66. The molecule has 0 aliphatic heterocycles. The first-order chi connectivity index (χ1) is 10.8.